The van der Waals surface area contributed by atoms with Crippen molar-refractivity contribution < 1.29 is 13.2 Å². The maximum absolute atomic E-state index is 13.4. The van der Waals surface area contributed by atoms with Gasteiger partial charge in [0.15, 0.2) is 21.9 Å². The molecule has 0 atom stereocenters. The van der Waals surface area contributed by atoms with Crippen LogP contribution in [-0.2, 0) is 0 Å². The number of rotatable bonds is 2. The molecule has 0 radical (unpaired) electrons. The second-order valence-electron chi connectivity index (χ2n) is 3.24. The molecule has 8 heteroatoms. The first-order chi connectivity index (χ1) is 8.47. The third kappa shape index (κ3) is 2.65. The SMILES string of the molecule is Fc1cc(F)c(Nc2cc(Cl)nnc2Cl)c(F)c1. The quantitative estimate of drug-likeness (QED) is 0.911. The minimum atomic E-state index is -1.10. The lowest BCUT2D eigenvalue weighted by atomic mass is 10.2. The van der Waals surface area contributed by atoms with Crippen molar-refractivity contribution in [1.29, 1.82) is 0 Å². The van der Waals surface area contributed by atoms with E-state index in [-0.39, 0.29) is 16.0 Å². The first-order valence-electron chi connectivity index (χ1n) is 4.57. The molecule has 1 aromatic carbocycles. The number of nitrogens with one attached hydrogen (secondary N) is 1. The van der Waals surface area contributed by atoms with Crippen molar-refractivity contribution in [2.75, 3.05) is 5.32 Å². The highest BCUT2D eigenvalue weighted by Crippen LogP contribution is 2.28. The summed E-state index contributed by atoms with van der Waals surface area (Å²) in [6.45, 7) is 0. The molecule has 0 unspecified atom stereocenters. The third-order valence-corrected chi connectivity index (χ3v) is 2.45. The second kappa shape index (κ2) is 4.99. The van der Waals surface area contributed by atoms with Crippen molar-refractivity contribution in [1.82, 2.24) is 10.2 Å². The van der Waals surface area contributed by atoms with Gasteiger partial charge in [0.25, 0.3) is 0 Å². The molecular weight excluding hydrogens is 290 g/mol. The van der Waals surface area contributed by atoms with Crippen molar-refractivity contribution in [2.24, 2.45) is 0 Å². The number of anilines is 2. The van der Waals surface area contributed by atoms with Gasteiger partial charge < -0.3 is 5.32 Å². The number of halogens is 5. The van der Waals surface area contributed by atoms with Crippen molar-refractivity contribution >= 4 is 34.6 Å². The molecule has 18 heavy (non-hydrogen) atoms. The van der Waals surface area contributed by atoms with E-state index in [1.54, 1.807) is 0 Å². The van der Waals surface area contributed by atoms with Crippen LogP contribution in [0.3, 0.4) is 0 Å². The number of aromatic nitrogens is 2. The van der Waals surface area contributed by atoms with Gasteiger partial charge in [-0.25, -0.2) is 13.2 Å². The van der Waals surface area contributed by atoms with E-state index in [1.165, 1.54) is 6.07 Å². The molecule has 1 heterocycles. The molecule has 2 aromatic rings. The van der Waals surface area contributed by atoms with E-state index in [1.807, 2.05) is 0 Å². The summed E-state index contributed by atoms with van der Waals surface area (Å²) in [6, 6.07) is 2.31. The lowest BCUT2D eigenvalue weighted by molar-refractivity contribution is 0.549. The van der Waals surface area contributed by atoms with Gasteiger partial charge in [-0.3, -0.25) is 0 Å². The molecule has 0 aliphatic rings. The molecule has 0 spiro atoms. The standard InChI is InChI=1S/C10H4Cl2F3N3/c11-8-3-7(10(12)18-17-8)16-9-5(14)1-4(13)2-6(9)15/h1-3H,(H,16,17). The fourth-order valence-corrected chi connectivity index (χ4v) is 1.52. The van der Waals surface area contributed by atoms with E-state index in [9.17, 15) is 13.2 Å². The molecule has 0 saturated carbocycles. The Morgan fingerprint density at radius 3 is 2.17 bits per heavy atom. The molecule has 2 rings (SSSR count). The first kappa shape index (κ1) is 12.9. The van der Waals surface area contributed by atoms with E-state index in [4.69, 9.17) is 23.2 Å². The van der Waals surface area contributed by atoms with Gasteiger partial charge in [-0.05, 0) is 0 Å². The van der Waals surface area contributed by atoms with E-state index < -0.39 is 23.1 Å². The molecule has 1 aromatic heterocycles. The molecule has 0 aliphatic carbocycles. The summed E-state index contributed by atoms with van der Waals surface area (Å²) in [5.74, 6) is -3.22. The van der Waals surface area contributed by atoms with Crippen LogP contribution in [0, 0.1) is 17.5 Å². The van der Waals surface area contributed by atoms with Gasteiger partial charge in [0.05, 0.1) is 5.69 Å². The van der Waals surface area contributed by atoms with Crippen molar-refractivity contribution in [3.63, 3.8) is 0 Å². The predicted octanol–water partition coefficient (Wildman–Crippen LogP) is 3.94. The zero-order valence-electron chi connectivity index (χ0n) is 8.52. The van der Waals surface area contributed by atoms with Gasteiger partial charge in [0, 0.05) is 18.2 Å². The fraction of sp³-hybridized carbons (Fsp3) is 0. The Morgan fingerprint density at radius 2 is 1.56 bits per heavy atom. The molecule has 94 valence electrons. The Kier molecular flexibility index (Phi) is 3.58. The van der Waals surface area contributed by atoms with Crippen molar-refractivity contribution in [2.45, 2.75) is 0 Å². The van der Waals surface area contributed by atoms with Gasteiger partial charge in [-0.15, -0.1) is 10.2 Å². The summed E-state index contributed by atoms with van der Waals surface area (Å²) in [6.07, 6.45) is 0. The highest BCUT2D eigenvalue weighted by Gasteiger charge is 2.14. The van der Waals surface area contributed by atoms with E-state index in [0.29, 0.717) is 12.1 Å². The Bertz CT molecular complexity index is 584. The van der Waals surface area contributed by atoms with Gasteiger partial charge in [0.1, 0.15) is 11.5 Å². The van der Waals surface area contributed by atoms with Crippen LogP contribution in [0.25, 0.3) is 0 Å². The van der Waals surface area contributed by atoms with Crippen LogP contribution in [-0.4, -0.2) is 10.2 Å². The fourth-order valence-electron chi connectivity index (χ4n) is 1.24. The molecular formula is C10H4Cl2F3N3. The number of hydrogen-bond acceptors (Lipinski definition) is 3. The van der Waals surface area contributed by atoms with Gasteiger partial charge >= 0.3 is 0 Å². The molecule has 0 saturated heterocycles. The van der Waals surface area contributed by atoms with E-state index >= 15 is 0 Å². The largest absolute Gasteiger partial charge is 0.348 e. The Labute approximate surface area is 110 Å². The highest BCUT2D eigenvalue weighted by atomic mass is 35.5. The maximum atomic E-state index is 13.4. The Balaban J connectivity index is 2.43. The number of nitrogens with zero attached hydrogens (tertiary/aromatic N) is 2. The lowest BCUT2D eigenvalue weighted by Crippen LogP contribution is -2.00. The summed E-state index contributed by atoms with van der Waals surface area (Å²) in [4.78, 5) is 0. The van der Waals surface area contributed by atoms with Crippen LogP contribution in [0.5, 0.6) is 0 Å². The summed E-state index contributed by atoms with van der Waals surface area (Å²) in [5.41, 5.74) is -0.497. The predicted molar refractivity (Wildman–Crippen MR) is 61.7 cm³/mol. The summed E-state index contributed by atoms with van der Waals surface area (Å²) in [7, 11) is 0. The zero-order chi connectivity index (χ0) is 13.3. The Hall–Kier alpha value is -1.53. The number of hydrogen-bond donors (Lipinski definition) is 1. The van der Waals surface area contributed by atoms with E-state index in [2.05, 4.69) is 15.5 Å². The van der Waals surface area contributed by atoms with E-state index in [0.717, 1.165) is 0 Å². The minimum absolute atomic E-state index is 0.00942. The maximum Gasteiger partial charge on any atom is 0.175 e. The smallest absolute Gasteiger partial charge is 0.175 e. The second-order valence-corrected chi connectivity index (χ2v) is 3.99. The summed E-state index contributed by atoms with van der Waals surface area (Å²) < 4.78 is 39.5. The average molecular weight is 294 g/mol. The molecule has 3 nitrogen and oxygen atoms in total. The van der Waals surface area contributed by atoms with Crippen LogP contribution >= 0.6 is 23.2 Å². The van der Waals surface area contributed by atoms with Crippen LogP contribution in [0.2, 0.25) is 10.3 Å². The number of benzene rings is 1. The van der Waals surface area contributed by atoms with Crippen LogP contribution in [0.15, 0.2) is 18.2 Å². The first-order valence-corrected chi connectivity index (χ1v) is 5.33. The Morgan fingerprint density at radius 1 is 0.944 bits per heavy atom. The van der Waals surface area contributed by atoms with Gasteiger partial charge in [-0.1, -0.05) is 23.2 Å². The van der Waals surface area contributed by atoms with Crippen molar-refractivity contribution in [3.8, 4) is 0 Å². The normalized spacial score (nSPS) is 10.5. The highest BCUT2D eigenvalue weighted by molar-refractivity contribution is 6.33. The average Bonchev–Trinajstić information content (AvgIpc) is 2.28. The van der Waals surface area contributed by atoms with Crippen LogP contribution in [0.4, 0.5) is 24.5 Å². The van der Waals surface area contributed by atoms with Gasteiger partial charge in [-0.2, -0.15) is 0 Å². The molecule has 0 fully saturated rings. The lowest BCUT2D eigenvalue weighted by Gasteiger charge is -2.09. The monoisotopic (exact) mass is 293 g/mol. The summed E-state index contributed by atoms with van der Waals surface area (Å²) >= 11 is 11.2. The van der Waals surface area contributed by atoms with Gasteiger partial charge in [0.2, 0.25) is 0 Å². The van der Waals surface area contributed by atoms with Crippen molar-refractivity contribution in [3.05, 3.63) is 46.0 Å². The molecule has 0 bridgehead atoms. The molecule has 1 N–H and O–H groups in total. The van der Waals surface area contributed by atoms with Crippen LogP contribution in [0.1, 0.15) is 0 Å². The molecule has 0 amide bonds. The van der Waals surface area contributed by atoms with Crippen LogP contribution < -0.4 is 5.32 Å². The molecule has 0 aliphatic heterocycles. The topological polar surface area (TPSA) is 37.8 Å². The minimum Gasteiger partial charge on any atom is -0.348 e. The zero-order valence-corrected chi connectivity index (χ0v) is 10.0. The third-order valence-electron chi connectivity index (χ3n) is 1.99. The summed E-state index contributed by atoms with van der Waals surface area (Å²) in [5, 5.41) is 9.10.